The largest absolute Gasteiger partial charge is 0.384 e. The highest BCUT2D eigenvalue weighted by atomic mass is 35.5. The lowest BCUT2D eigenvalue weighted by Gasteiger charge is -2.10. The summed E-state index contributed by atoms with van der Waals surface area (Å²) in [6.45, 7) is 0.746. The van der Waals surface area contributed by atoms with Crippen molar-refractivity contribution in [1.29, 1.82) is 0 Å². The number of rotatable bonds is 6. The van der Waals surface area contributed by atoms with E-state index in [4.69, 9.17) is 11.6 Å². The number of aromatic nitrogens is 1. The van der Waals surface area contributed by atoms with Crippen molar-refractivity contribution in [2.24, 2.45) is 0 Å². The minimum atomic E-state index is -2.97. The van der Waals surface area contributed by atoms with Gasteiger partial charge in [0.2, 0.25) is 0 Å². The molecule has 0 saturated carbocycles. The van der Waals surface area contributed by atoms with Gasteiger partial charge in [-0.3, -0.25) is 9.78 Å². The van der Waals surface area contributed by atoms with Crippen molar-refractivity contribution in [3.05, 3.63) is 35.5 Å². The van der Waals surface area contributed by atoms with Crippen LogP contribution < -0.4 is 10.6 Å². The Morgan fingerprint density at radius 3 is 2.86 bits per heavy atom. The third kappa shape index (κ3) is 4.26. The van der Waals surface area contributed by atoms with E-state index >= 15 is 0 Å². The van der Waals surface area contributed by atoms with Crippen molar-refractivity contribution < 1.29 is 13.6 Å². The van der Waals surface area contributed by atoms with E-state index in [1.54, 1.807) is 18.3 Å². The first-order valence-corrected chi connectivity index (χ1v) is 6.80. The minimum absolute atomic E-state index is 0.199. The number of hydrogen-bond acceptors (Lipinski definition) is 3. The molecule has 2 aromatic rings. The molecule has 1 aromatic carbocycles. The number of nitrogens with one attached hydrogen (secondary N) is 2. The van der Waals surface area contributed by atoms with Crippen LogP contribution in [-0.4, -0.2) is 30.4 Å². The van der Waals surface area contributed by atoms with Crippen molar-refractivity contribution in [2.45, 2.75) is 12.8 Å². The number of alkyl halides is 2. The van der Waals surface area contributed by atoms with E-state index in [2.05, 4.69) is 15.6 Å². The van der Waals surface area contributed by atoms with Gasteiger partial charge < -0.3 is 10.6 Å². The molecular weight excluding hydrogens is 300 g/mol. The van der Waals surface area contributed by atoms with Gasteiger partial charge in [-0.05, 0) is 30.7 Å². The summed E-state index contributed by atoms with van der Waals surface area (Å²) in [5.74, 6) is -1.24. The zero-order chi connectivity index (χ0) is 15.2. The molecule has 1 heterocycles. The summed E-state index contributed by atoms with van der Waals surface area (Å²) >= 11 is 5.91. The molecule has 0 saturated heterocycles. The van der Waals surface area contributed by atoms with E-state index in [1.807, 2.05) is 12.1 Å². The number of anilines is 1. The first-order chi connectivity index (χ1) is 10.1. The summed E-state index contributed by atoms with van der Waals surface area (Å²) in [6, 6.07) is 7.24. The van der Waals surface area contributed by atoms with E-state index in [-0.39, 0.29) is 6.54 Å². The molecule has 2 rings (SSSR count). The summed E-state index contributed by atoms with van der Waals surface area (Å²) in [5.41, 5.74) is 1.66. The summed E-state index contributed by atoms with van der Waals surface area (Å²) in [7, 11) is 0. The molecule has 1 aromatic heterocycles. The molecule has 112 valence electrons. The number of halogens is 3. The SMILES string of the molecule is O=C(NCCCNc1ccnc2cc(Cl)ccc12)C(F)F. The lowest BCUT2D eigenvalue weighted by Crippen LogP contribution is -2.31. The molecule has 0 spiro atoms. The van der Waals surface area contributed by atoms with Crippen LogP contribution in [0.5, 0.6) is 0 Å². The summed E-state index contributed by atoms with van der Waals surface area (Å²) in [5, 5.41) is 6.88. The maximum atomic E-state index is 12.0. The number of carbonyl (C=O) groups excluding carboxylic acids is 1. The Morgan fingerprint density at radius 1 is 1.29 bits per heavy atom. The quantitative estimate of drug-likeness (QED) is 0.806. The second-order valence-corrected chi connectivity index (χ2v) is 4.83. The number of pyridine rings is 1. The summed E-state index contributed by atoms with van der Waals surface area (Å²) in [4.78, 5) is 14.9. The summed E-state index contributed by atoms with van der Waals surface area (Å²) < 4.78 is 23.9. The van der Waals surface area contributed by atoms with Gasteiger partial charge in [0, 0.05) is 35.4 Å². The Hall–Kier alpha value is -1.95. The van der Waals surface area contributed by atoms with E-state index < -0.39 is 12.3 Å². The Morgan fingerprint density at radius 2 is 2.10 bits per heavy atom. The van der Waals surface area contributed by atoms with Crippen molar-refractivity contribution in [3.63, 3.8) is 0 Å². The molecule has 2 N–H and O–H groups in total. The molecule has 7 heteroatoms. The Kier molecular flexibility index (Phi) is 5.27. The maximum absolute atomic E-state index is 12.0. The maximum Gasteiger partial charge on any atom is 0.315 e. The standard InChI is InChI=1S/C14H14ClF2N3O/c15-9-2-3-10-11(4-7-19-12(10)8-9)18-5-1-6-20-14(21)13(16)17/h2-4,7-8,13H,1,5-6H2,(H,18,19)(H,20,21). The molecular formula is C14H14ClF2N3O. The van der Waals surface area contributed by atoms with Crippen molar-refractivity contribution in [3.8, 4) is 0 Å². The van der Waals surface area contributed by atoms with Gasteiger partial charge in [-0.2, -0.15) is 8.78 Å². The lowest BCUT2D eigenvalue weighted by atomic mass is 10.2. The zero-order valence-corrected chi connectivity index (χ0v) is 11.8. The highest BCUT2D eigenvalue weighted by Crippen LogP contribution is 2.24. The fourth-order valence-corrected chi connectivity index (χ4v) is 2.04. The molecule has 0 aliphatic heterocycles. The Balaban J connectivity index is 1.88. The van der Waals surface area contributed by atoms with Gasteiger partial charge in [0.05, 0.1) is 5.52 Å². The molecule has 0 radical (unpaired) electrons. The number of carbonyl (C=O) groups is 1. The van der Waals surface area contributed by atoms with Gasteiger partial charge in [-0.25, -0.2) is 0 Å². The number of benzene rings is 1. The monoisotopic (exact) mass is 313 g/mol. The van der Waals surface area contributed by atoms with Gasteiger partial charge in [0.25, 0.3) is 5.91 Å². The number of nitrogens with zero attached hydrogens (tertiary/aromatic N) is 1. The van der Waals surface area contributed by atoms with Crippen LogP contribution in [-0.2, 0) is 4.79 Å². The van der Waals surface area contributed by atoms with Crippen LogP contribution in [0.3, 0.4) is 0 Å². The van der Waals surface area contributed by atoms with Gasteiger partial charge in [0.1, 0.15) is 0 Å². The Labute approximate surface area is 125 Å². The molecule has 0 aliphatic carbocycles. The van der Waals surface area contributed by atoms with Gasteiger partial charge in [0.15, 0.2) is 0 Å². The van der Waals surface area contributed by atoms with E-state index in [1.165, 1.54) is 0 Å². The van der Waals surface area contributed by atoms with Crippen LogP contribution in [0, 0.1) is 0 Å². The molecule has 4 nitrogen and oxygen atoms in total. The zero-order valence-electron chi connectivity index (χ0n) is 11.1. The second kappa shape index (κ2) is 7.17. The van der Waals surface area contributed by atoms with Gasteiger partial charge in [-0.15, -0.1) is 0 Å². The average molecular weight is 314 g/mol. The van der Waals surface area contributed by atoms with Crippen molar-refractivity contribution >= 4 is 34.1 Å². The fraction of sp³-hybridized carbons (Fsp3) is 0.286. The minimum Gasteiger partial charge on any atom is -0.384 e. The highest BCUT2D eigenvalue weighted by molar-refractivity contribution is 6.31. The smallest absolute Gasteiger partial charge is 0.315 e. The van der Waals surface area contributed by atoms with Gasteiger partial charge >= 0.3 is 6.43 Å². The molecule has 0 fully saturated rings. The fourth-order valence-electron chi connectivity index (χ4n) is 1.88. The van der Waals surface area contributed by atoms with Gasteiger partial charge in [-0.1, -0.05) is 11.6 Å². The van der Waals surface area contributed by atoms with Crippen molar-refractivity contribution in [1.82, 2.24) is 10.3 Å². The Bertz CT molecular complexity index is 637. The highest BCUT2D eigenvalue weighted by Gasteiger charge is 2.13. The average Bonchev–Trinajstić information content (AvgIpc) is 2.46. The predicted octanol–water partition coefficient (Wildman–Crippen LogP) is 3.07. The van der Waals surface area contributed by atoms with E-state index in [9.17, 15) is 13.6 Å². The van der Waals surface area contributed by atoms with Crippen LogP contribution in [0.1, 0.15) is 6.42 Å². The molecule has 21 heavy (non-hydrogen) atoms. The van der Waals surface area contributed by atoms with Crippen LogP contribution in [0.4, 0.5) is 14.5 Å². The molecule has 0 atom stereocenters. The van der Waals surface area contributed by atoms with E-state index in [0.717, 1.165) is 16.6 Å². The van der Waals surface area contributed by atoms with Crippen LogP contribution in [0.15, 0.2) is 30.5 Å². The molecule has 0 bridgehead atoms. The van der Waals surface area contributed by atoms with Crippen LogP contribution in [0.25, 0.3) is 10.9 Å². The first kappa shape index (κ1) is 15.4. The molecule has 0 aliphatic rings. The lowest BCUT2D eigenvalue weighted by molar-refractivity contribution is -0.131. The predicted molar refractivity (Wildman–Crippen MR) is 78.9 cm³/mol. The van der Waals surface area contributed by atoms with Crippen LogP contribution in [0.2, 0.25) is 5.02 Å². The molecule has 0 unspecified atom stereocenters. The first-order valence-electron chi connectivity index (χ1n) is 6.42. The summed E-state index contributed by atoms with van der Waals surface area (Å²) in [6.07, 6.45) is -0.762. The molecule has 1 amide bonds. The second-order valence-electron chi connectivity index (χ2n) is 4.39. The van der Waals surface area contributed by atoms with E-state index in [0.29, 0.717) is 18.0 Å². The normalized spacial score (nSPS) is 10.9. The third-order valence-corrected chi connectivity index (χ3v) is 3.11. The third-order valence-electron chi connectivity index (χ3n) is 2.87. The number of hydrogen-bond donors (Lipinski definition) is 2. The number of fused-ring (bicyclic) bond motifs is 1. The van der Waals surface area contributed by atoms with Crippen LogP contribution >= 0.6 is 11.6 Å². The number of amides is 1. The van der Waals surface area contributed by atoms with Crippen molar-refractivity contribution in [2.75, 3.05) is 18.4 Å². The topological polar surface area (TPSA) is 54.0 Å².